The Kier molecular flexibility index (Phi) is 5.30. The highest BCUT2D eigenvalue weighted by molar-refractivity contribution is 5.88. The van der Waals surface area contributed by atoms with Gasteiger partial charge in [0.05, 0.1) is 0 Å². The van der Waals surface area contributed by atoms with E-state index in [0.29, 0.717) is 29.8 Å². The van der Waals surface area contributed by atoms with Crippen molar-refractivity contribution in [2.45, 2.75) is 46.0 Å². The van der Waals surface area contributed by atoms with Gasteiger partial charge in [-0.2, -0.15) is 4.98 Å². The van der Waals surface area contributed by atoms with E-state index in [0.717, 1.165) is 30.5 Å². The van der Waals surface area contributed by atoms with E-state index in [2.05, 4.69) is 36.1 Å². The third-order valence-corrected chi connectivity index (χ3v) is 5.05. The molecule has 0 amide bonds. The number of nitrogens with one attached hydrogen (secondary N) is 1. The van der Waals surface area contributed by atoms with Crippen molar-refractivity contribution in [3.05, 3.63) is 11.3 Å². The maximum atomic E-state index is 6.20. The number of nitrogens with two attached hydrogens (primary N) is 2. The summed E-state index contributed by atoms with van der Waals surface area (Å²) < 4.78 is 6.20. The molecule has 5 N–H and O–H groups in total. The Morgan fingerprint density at radius 3 is 2.58 bits per heavy atom. The maximum absolute atomic E-state index is 6.20. The first-order valence-corrected chi connectivity index (χ1v) is 8.31. The lowest BCUT2D eigenvalue weighted by Crippen LogP contribution is -2.29. The molecule has 134 valence electrons. The molecule has 0 radical (unpaired) electrons. The molecule has 7 heteroatoms. The number of nitrogens with zero attached hydrogens (tertiary/aromatic N) is 2. The van der Waals surface area contributed by atoms with Crippen LogP contribution in [0.3, 0.4) is 0 Å². The van der Waals surface area contributed by atoms with E-state index in [9.17, 15) is 0 Å². The fourth-order valence-electron chi connectivity index (χ4n) is 3.64. The SMILES string of the molecule is CNc1nc(N)nc2c3c(oc12)C(CCN)CC(C(C)(C)C)C3.Cl. The standard InChI is InChI=1S/C17H27N5O.ClH/c1-17(2,3)10-7-9(5-6-18)13-11(8-10)12-14(23-13)15(20-4)22-16(19)21-12;/h9-10H,5-8,18H2,1-4H3,(H3,19,20,21,22);1H. The van der Waals surface area contributed by atoms with E-state index in [1.165, 1.54) is 5.56 Å². The summed E-state index contributed by atoms with van der Waals surface area (Å²) in [6.45, 7) is 7.55. The van der Waals surface area contributed by atoms with Gasteiger partial charge >= 0.3 is 0 Å². The van der Waals surface area contributed by atoms with Crippen LogP contribution in [-0.2, 0) is 6.42 Å². The summed E-state index contributed by atoms with van der Waals surface area (Å²) in [6.07, 6.45) is 3.00. The molecule has 0 aromatic carbocycles. The zero-order valence-electron chi connectivity index (χ0n) is 14.8. The Labute approximate surface area is 149 Å². The highest BCUT2D eigenvalue weighted by Crippen LogP contribution is 2.47. The van der Waals surface area contributed by atoms with Crippen molar-refractivity contribution in [1.29, 1.82) is 0 Å². The quantitative estimate of drug-likeness (QED) is 0.782. The maximum Gasteiger partial charge on any atom is 0.222 e. The van der Waals surface area contributed by atoms with Gasteiger partial charge in [0.15, 0.2) is 11.4 Å². The van der Waals surface area contributed by atoms with Gasteiger partial charge in [-0.3, -0.25) is 0 Å². The van der Waals surface area contributed by atoms with Gasteiger partial charge in [0.1, 0.15) is 11.3 Å². The molecule has 2 aromatic heterocycles. The molecule has 0 fully saturated rings. The van der Waals surface area contributed by atoms with Crippen molar-refractivity contribution in [2.24, 2.45) is 17.1 Å². The van der Waals surface area contributed by atoms with Gasteiger partial charge in [-0.15, -0.1) is 12.4 Å². The molecular formula is C17H28ClN5O. The third-order valence-electron chi connectivity index (χ3n) is 5.05. The van der Waals surface area contributed by atoms with Crippen LogP contribution in [0.2, 0.25) is 0 Å². The predicted molar refractivity (Wildman–Crippen MR) is 101 cm³/mol. The van der Waals surface area contributed by atoms with E-state index in [1.54, 1.807) is 0 Å². The molecule has 1 aliphatic rings. The number of halogens is 1. The van der Waals surface area contributed by atoms with E-state index in [-0.39, 0.29) is 23.8 Å². The number of anilines is 2. The number of fused-ring (bicyclic) bond motifs is 3. The van der Waals surface area contributed by atoms with Crippen molar-refractivity contribution in [1.82, 2.24) is 9.97 Å². The Balaban J connectivity index is 0.00000208. The molecule has 24 heavy (non-hydrogen) atoms. The molecule has 0 aliphatic heterocycles. The molecular weight excluding hydrogens is 326 g/mol. The first-order valence-electron chi connectivity index (χ1n) is 8.31. The Morgan fingerprint density at radius 2 is 2.00 bits per heavy atom. The lowest BCUT2D eigenvalue weighted by atomic mass is 9.68. The normalized spacial score (nSPS) is 20.5. The summed E-state index contributed by atoms with van der Waals surface area (Å²) >= 11 is 0. The molecule has 2 aromatic rings. The number of furan rings is 1. The van der Waals surface area contributed by atoms with Gasteiger partial charge in [-0.25, -0.2) is 4.98 Å². The second-order valence-electron chi connectivity index (χ2n) is 7.58. The molecule has 0 saturated heterocycles. The van der Waals surface area contributed by atoms with Crippen molar-refractivity contribution in [2.75, 3.05) is 24.6 Å². The third kappa shape index (κ3) is 3.17. The van der Waals surface area contributed by atoms with Crippen molar-refractivity contribution in [3.8, 4) is 0 Å². The van der Waals surface area contributed by atoms with E-state index >= 15 is 0 Å². The van der Waals surface area contributed by atoms with Gasteiger partial charge in [-0.1, -0.05) is 20.8 Å². The first-order chi connectivity index (χ1) is 10.8. The van der Waals surface area contributed by atoms with E-state index < -0.39 is 0 Å². The summed E-state index contributed by atoms with van der Waals surface area (Å²) in [5, 5.41) is 3.06. The van der Waals surface area contributed by atoms with Crippen molar-refractivity contribution >= 4 is 35.3 Å². The molecule has 0 bridgehead atoms. The minimum Gasteiger partial charge on any atom is -0.455 e. The molecule has 3 rings (SSSR count). The average Bonchev–Trinajstić information content (AvgIpc) is 2.85. The van der Waals surface area contributed by atoms with Crippen LogP contribution in [0.4, 0.5) is 11.8 Å². The van der Waals surface area contributed by atoms with Crippen LogP contribution in [0.5, 0.6) is 0 Å². The summed E-state index contributed by atoms with van der Waals surface area (Å²) in [5.41, 5.74) is 14.7. The minimum atomic E-state index is 0. The van der Waals surface area contributed by atoms with Crippen LogP contribution in [0.1, 0.15) is 50.9 Å². The van der Waals surface area contributed by atoms with Gasteiger partial charge in [-0.05, 0) is 37.1 Å². The van der Waals surface area contributed by atoms with Gasteiger partial charge in [0, 0.05) is 18.5 Å². The van der Waals surface area contributed by atoms with Crippen LogP contribution in [0.15, 0.2) is 4.42 Å². The molecule has 0 saturated carbocycles. The van der Waals surface area contributed by atoms with E-state index in [4.69, 9.17) is 15.9 Å². The van der Waals surface area contributed by atoms with Crippen molar-refractivity contribution in [3.63, 3.8) is 0 Å². The average molecular weight is 354 g/mol. The van der Waals surface area contributed by atoms with Crippen molar-refractivity contribution < 1.29 is 4.42 Å². The number of hydrogen-bond donors (Lipinski definition) is 3. The van der Waals surface area contributed by atoms with Crippen LogP contribution >= 0.6 is 12.4 Å². The van der Waals surface area contributed by atoms with Crippen LogP contribution in [-0.4, -0.2) is 23.6 Å². The van der Waals surface area contributed by atoms with E-state index in [1.807, 2.05) is 7.05 Å². The smallest absolute Gasteiger partial charge is 0.222 e. The minimum absolute atomic E-state index is 0. The topological polar surface area (TPSA) is 103 Å². The number of nitrogen functional groups attached to an aromatic ring is 1. The first kappa shape index (κ1) is 18.8. The van der Waals surface area contributed by atoms with Crippen LogP contribution in [0, 0.1) is 11.3 Å². The summed E-state index contributed by atoms with van der Waals surface area (Å²) in [6, 6.07) is 0. The lowest BCUT2D eigenvalue weighted by Gasteiger charge is -2.36. The highest BCUT2D eigenvalue weighted by Gasteiger charge is 2.37. The zero-order chi connectivity index (χ0) is 16.8. The molecule has 2 unspecified atom stereocenters. The fraction of sp³-hybridized carbons (Fsp3) is 0.647. The number of rotatable bonds is 3. The summed E-state index contributed by atoms with van der Waals surface area (Å²) in [5.74, 6) is 2.87. The molecule has 2 atom stereocenters. The molecule has 6 nitrogen and oxygen atoms in total. The largest absolute Gasteiger partial charge is 0.455 e. The Bertz CT molecular complexity index is 722. The Hall–Kier alpha value is -1.53. The predicted octanol–water partition coefficient (Wildman–Crippen LogP) is 3.31. The van der Waals surface area contributed by atoms with Crippen LogP contribution < -0.4 is 16.8 Å². The molecule has 0 spiro atoms. The zero-order valence-corrected chi connectivity index (χ0v) is 15.7. The Morgan fingerprint density at radius 1 is 1.29 bits per heavy atom. The number of hydrogen-bond acceptors (Lipinski definition) is 6. The highest BCUT2D eigenvalue weighted by atomic mass is 35.5. The fourth-order valence-corrected chi connectivity index (χ4v) is 3.64. The van der Waals surface area contributed by atoms with Crippen LogP contribution in [0.25, 0.3) is 11.1 Å². The monoisotopic (exact) mass is 353 g/mol. The summed E-state index contributed by atoms with van der Waals surface area (Å²) in [4.78, 5) is 8.71. The van der Waals surface area contributed by atoms with Gasteiger partial charge < -0.3 is 21.2 Å². The summed E-state index contributed by atoms with van der Waals surface area (Å²) in [7, 11) is 1.82. The lowest BCUT2D eigenvalue weighted by molar-refractivity contribution is 0.189. The second kappa shape index (κ2) is 6.76. The second-order valence-corrected chi connectivity index (χ2v) is 7.58. The van der Waals surface area contributed by atoms with Gasteiger partial charge in [0.25, 0.3) is 0 Å². The molecule has 1 aliphatic carbocycles. The molecule has 2 heterocycles. The number of aromatic nitrogens is 2. The van der Waals surface area contributed by atoms with Gasteiger partial charge in [0.2, 0.25) is 5.95 Å².